The molecule has 1 aliphatic rings. The third-order valence-corrected chi connectivity index (χ3v) is 6.19. The molecule has 33 heavy (non-hydrogen) atoms. The molecule has 1 fully saturated rings. The summed E-state index contributed by atoms with van der Waals surface area (Å²) in [5.41, 5.74) is 1.47. The molecule has 1 N–H and O–H groups in total. The molecule has 2 aromatic carbocycles. The van der Waals surface area contributed by atoms with Crippen molar-refractivity contribution in [2.24, 2.45) is 0 Å². The van der Waals surface area contributed by atoms with E-state index in [9.17, 15) is 13.2 Å². The van der Waals surface area contributed by atoms with Crippen molar-refractivity contribution in [3.63, 3.8) is 0 Å². The molecular formula is C22H22ClFN4O4S. The van der Waals surface area contributed by atoms with Crippen LogP contribution in [0.1, 0.15) is 27.9 Å². The van der Waals surface area contributed by atoms with E-state index in [2.05, 4.69) is 19.6 Å². The van der Waals surface area contributed by atoms with Crippen molar-refractivity contribution in [1.82, 2.24) is 14.7 Å². The van der Waals surface area contributed by atoms with E-state index in [0.717, 1.165) is 0 Å². The minimum absolute atomic E-state index is 0.00950. The lowest BCUT2D eigenvalue weighted by molar-refractivity contribution is 0.103. The van der Waals surface area contributed by atoms with Gasteiger partial charge in [-0.15, -0.1) is 0 Å². The zero-order chi connectivity index (χ0) is 23.4. The standard InChI is InChI=1S/C22H22ClFN4O4S/c23-16-5-3-14(2-1-7-26-33(30)31)21(24)20(16)22(29)15-4-6-17-18(12-15)27-19(13-25-17)28-8-10-32-11-9-28/h3-6,12-13,33H,1-2,7-11H2,(H,26,30,31). The second-order valence-electron chi connectivity index (χ2n) is 7.52. The monoisotopic (exact) mass is 492 g/mol. The smallest absolute Gasteiger partial charge is 0.201 e. The van der Waals surface area contributed by atoms with E-state index in [1.54, 1.807) is 24.4 Å². The van der Waals surface area contributed by atoms with Gasteiger partial charge in [0, 0.05) is 25.2 Å². The number of fused-ring (bicyclic) bond motifs is 1. The van der Waals surface area contributed by atoms with Crippen LogP contribution in [0, 0.1) is 5.82 Å². The summed E-state index contributed by atoms with van der Waals surface area (Å²) in [6.07, 6.45) is 2.32. The minimum Gasteiger partial charge on any atom is -0.378 e. The first-order chi connectivity index (χ1) is 15.9. The molecule has 0 atom stereocenters. The number of nitrogens with zero attached hydrogens (tertiary/aromatic N) is 3. The van der Waals surface area contributed by atoms with Gasteiger partial charge in [0.05, 0.1) is 41.0 Å². The third kappa shape index (κ3) is 5.47. The van der Waals surface area contributed by atoms with Gasteiger partial charge in [0.1, 0.15) is 11.6 Å². The topological polar surface area (TPSA) is 101 Å². The first-order valence-electron chi connectivity index (χ1n) is 10.4. The number of ether oxygens (including phenoxy) is 1. The fraction of sp³-hybridized carbons (Fsp3) is 0.318. The van der Waals surface area contributed by atoms with Crippen molar-refractivity contribution in [1.29, 1.82) is 0 Å². The van der Waals surface area contributed by atoms with Gasteiger partial charge in [0.25, 0.3) is 0 Å². The van der Waals surface area contributed by atoms with Crippen molar-refractivity contribution in [2.75, 3.05) is 37.7 Å². The zero-order valence-electron chi connectivity index (χ0n) is 17.6. The van der Waals surface area contributed by atoms with E-state index in [-0.39, 0.29) is 29.1 Å². The summed E-state index contributed by atoms with van der Waals surface area (Å²) < 4.78 is 44.0. The Labute approximate surface area is 196 Å². The normalized spacial score (nSPS) is 14.2. The molecule has 11 heteroatoms. The molecule has 2 heterocycles. The number of aromatic nitrogens is 2. The molecule has 174 valence electrons. The Hall–Kier alpha value is -2.66. The van der Waals surface area contributed by atoms with E-state index in [0.29, 0.717) is 55.1 Å². The lowest BCUT2D eigenvalue weighted by Crippen LogP contribution is -2.36. The maximum Gasteiger partial charge on any atom is 0.201 e. The predicted molar refractivity (Wildman–Crippen MR) is 124 cm³/mol. The van der Waals surface area contributed by atoms with Crippen LogP contribution in [0.3, 0.4) is 0 Å². The van der Waals surface area contributed by atoms with Gasteiger partial charge in [-0.25, -0.2) is 22.5 Å². The molecule has 4 rings (SSSR count). The molecular weight excluding hydrogens is 471 g/mol. The fourth-order valence-electron chi connectivity index (χ4n) is 3.68. The summed E-state index contributed by atoms with van der Waals surface area (Å²) in [5.74, 6) is -0.567. The van der Waals surface area contributed by atoms with Crippen molar-refractivity contribution < 1.29 is 22.3 Å². The number of hydrogen-bond donors (Lipinski definition) is 2. The number of benzene rings is 2. The van der Waals surface area contributed by atoms with Crippen molar-refractivity contribution in [3.05, 3.63) is 64.1 Å². The molecule has 0 saturated carbocycles. The molecule has 0 aliphatic carbocycles. The fourth-order valence-corrected chi connectivity index (χ4v) is 4.25. The highest BCUT2D eigenvalue weighted by atomic mass is 35.5. The minimum atomic E-state index is -2.70. The van der Waals surface area contributed by atoms with Crippen molar-refractivity contribution in [2.45, 2.75) is 12.8 Å². The van der Waals surface area contributed by atoms with Gasteiger partial charge in [-0.05, 0) is 42.7 Å². The number of morpholine rings is 1. The molecule has 0 amide bonds. The van der Waals surface area contributed by atoms with Crippen LogP contribution >= 0.6 is 11.6 Å². The highest BCUT2D eigenvalue weighted by molar-refractivity contribution is 7.70. The average molecular weight is 493 g/mol. The van der Waals surface area contributed by atoms with Crippen LogP contribution in [0.2, 0.25) is 5.02 Å². The van der Waals surface area contributed by atoms with Crippen LogP contribution in [-0.2, 0) is 22.0 Å². The number of carbonyl (C=O) groups is 1. The summed E-state index contributed by atoms with van der Waals surface area (Å²) >= 11 is 6.19. The van der Waals surface area contributed by atoms with E-state index in [1.165, 1.54) is 12.1 Å². The van der Waals surface area contributed by atoms with Gasteiger partial charge >= 0.3 is 0 Å². The van der Waals surface area contributed by atoms with Crippen LogP contribution in [0.5, 0.6) is 0 Å². The van der Waals surface area contributed by atoms with Gasteiger partial charge in [-0.1, -0.05) is 17.7 Å². The Morgan fingerprint density at radius 3 is 2.73 bits per heavy atom. The summed E-state index contributed by atoms with van der Waals surface area (Å²) in [7, 11) is -2.70. The van der Waals surface area contributed by atoms with E-state index in [4.69, 9.17) is 16.3 Å². The van der Waals surface area contributed by atoms with Crippen LogP contribution < -0.4 is 9.62 Å². The Kier molecular flexibility index (Phi) is 7.49. The number of thiol groups is 1. The number of nitrogens with one attached hydrogen (secondary N) is 1. The quantitative estimate of drug-likeness (QED) is 0.283. The van der Waals surface area contributed by atoms with Crippen LogP contribution in [-0.4, -0.2) is 57.0 Å². The number of rotatable bonds is 8. The average Bonchev–Trinajstić information content (AvgIpc) is 2.82. The Morgan fingerprint density at radius 2 is 1.97 bits per heavy atom. The van der Waals surface area contributed by atoms with E-state index >= 15 is 4.39 Å². The molecule has 0 radical (unpaired) electrons. The maximum atomic E-state index is 15.2. The van der Waals surface area contributed by atoms with Gasteiger partial charge in [-0.3, -0.25) is 9.78 Å². The Bertz CT molecular complexity index is 1260. The third-order valence-electron chi connectivity index (χ3n) is 5.39. The molecule has 0 unspecified atom stereocenters. The second-order valence-corrected chi connectivity index (χ2v) is 8.76. The molecule has 8 nitrogen and oxygen atoms in total. The van der Waals surface area contributed by atoms with Gasteiger partial charge in [0.15, 0.2) is 5.78 Å². The highest BCUT2D eigenvalue weighted by Gasteiger charge is 2.21. The van der Waals surface area contributed by atoms with E-state index in [1.807, 2.05) is 0 Å². The molecule has 1 aliphatic heterocycles. The zero-order valence-corrected chi connectivity index (χ0v) is 19.2. The number of aryl methyl sites for hydroxylation is 1. The van der Waals surface area contributed by atoms with Gasteiger partial charge in [0.2, 0.25) is 10.9 Å². The van der Waals surface area contributed by atoms with Crippen LogP contribution in [0.4, 0.5) is 10.2 Å². The van der Waals surface area contributed by atoms with Crippen molar-refractivity contribution in [3.8, 4) is 0 Å². The summed E-state index contributed by atoms with van der Waals surface area (Å²) in [6.45, 7) is 2.80. The number of halogens is 2. The number of anilines is 1. The largest absolute Gasteiger partial charge is 0.378 e. The molecule has 0 spiro atoms. The summed E-state index contributed by atoms with van der Waals surface area (Å²) in [4.78, 5) is 24.3. The maximum absolute atomic E-state index is 15.2. The Morgan fingerprint density at radius 1 is 1.18 bits per heavy atom. The SMILES string of the molecule is O=C(c1ccc2ncc(N3CCOCC3)nc2c1)c1c(Cl)ccc(CCCN[SH](=O)=O)c1F. The van der Waals surface area contributed by atoms with Crippen LogP contribution in [0.25, 0.3) is 11.0 Å². The molecule has 1 saturated heterocycles. The summed E-state index contributed by atoms with van der Waals surface area (Å²) in [5, 5.41) is 0.00950. The summed E-state index contributed by atoms with van der Waals surface area (Å²) in [6, 6.07) is 7.82. The van der Waals surface area contributed by atoms with E-state index < -0.39 is 22.5 Å². The Balaban J connectivity index is 1.61. The van der Waals surface area contributed by atoms with Gasteiger partial charge < -0.3 is 9.64 Å². The molecule has 1 aromatic heterocycles. The van der Waals surface area contributed by atoms with Crippen molar-refractivity contribution >= 4 is 45.1 Å². The van der Waals surface area contributed by atoms with Gasteiger partial charge in [-0.2, -0.15) is 0 Å². The molecule has 0 bridgehead atoms. The van der Waals surface area contributed by atoms with Crippen LogP contribution in [0.15, 0.2) is 36.5 Å². The number of carbonyl (C=O) groups excluding carboxylic acids is 1. The lowest BCUT2D eigenvalue weighted by atomic mass is 9.98. The molecule has 3 aromatic rings. The lowest BCUT2D eigenvalue weighted by Gasteiger charge is -2.27. The predicted octanol–water partition coefficient (Wildman–Crippen LogP) is 2.54. The number of hydrogen-bond acceptors (Lipinski definition) is 7. The second kappa shape index (κ2) is 10.5. The highest BCUT2D eigenvalue weighted by Crippen LogP contribution is 2.27. The number of ketones is 1. The first kappa shape index (κ1) is 23.5. The first-order valence-corrected chi connectivity index (χ1v) is 12.0.